The molecule has 0 radical (unpaired) electrons. The maximum Gasteiger partial charge on any atom is 0.350 e. The van der Waals surface area contributed by atoms with Gasteiger partial charge >= 0.3 is 5.97 Å². The number of nitrogens with zero attached hydrogens (tertiary/aromatic N) is 3. The maximum absolute atomic E-state index is 13.0. The standard InChI is InChI=1S/C26H20N4O3S/c1-3-33-26(32)24-23(28-20-7-5-4-6-17(20)15-27)19-9-11-22(31)30(25(19)34-24)18-8-10-21-16(14-18)12-13-29(21)2/h4-14,28H,3H2,1-2H3. The van der Waals surface area contributed by atoms with E-state index in [0.717, 1.165) is 10.9 Å². The summed E-state index contributed by atoms with van der Waals surface area (Å²) in [5, 5.41) is 14.5. The van der Waals surface area contributed by atoms with Gasteiger partial charge in [-0.2, -0.15) is 5.26 Å². The summed E-state index contributed by atoms with van der Waals surface area (Å²) in [6, 6.07) is 20.2. The lowest BCUT2D eigenvalue weighted by Gasteiger charge is -2.11. The number of hydrogen-bond donors (Lipinski definition) is 1. The number of anilines is 2. The fourth-order valence-electron chi connectivity index (χ4n) is 4.02. The van der Waals surface area contributed by atoms with E-state index in [1.807, 2.05) is 48.1 Å². The zero-order chi connectivity index (χ0) is 23.8. The summed E-state index contributed by atoms with van der Waals surface area (Å²) in [4.78, 5) is 26.9. The molecule has 0 amide bonds. The van der Waals surface area contributed by atoms with Gasteiger partial charge in [0.2, 0.25) is 0 Å². The molecule has 2 aromatic carbocycles. The van der Waals surface area contributed by atoms with Crippen LogP contribution in [0.2, 0.25) is 0 Å². The zero-order valence-corrected chi connectivity index (χ0v) is 19.3. The first-order valence-electron chi connectivity index (χ1n) is 10.7. The summed E-state index contributed by atoms with van der Waals surface area (Å²) < 4.78 is 8.93. The summed E-state index contributed by atoms with van der Waals surface area (Å²) in [7, 11) is 1.97. The molecule has 0 aliphatic heterocycles. The van der Waals surface area contributed by atoms with E-state index in [9.17, 15) is 14.9 Å². The van der Waals surface area contributed by atoms with Crippen LogP contribution in [-0.2, 0) is 11.8 Å². The molecule has 7 nitrogen and oxygen atoms in total. The number of rotatable bonds is 5. The first-order valence-corrected chi connectivity index (χ1v) is 11.5. The Kier molecular flexibility index (Phi) is 5.40. The lowest BCUT2D eigenvalue weighted by atomic mass is 10.1. The first kappa shape index (κ1) is 21.5. The molecule has 8 heteroatoms. The van der Waals surface area contributed by atoms with Gasteiger partial charge in [-0.25, -0.2) is 4.79 Å². The van der Waals surface area contributed by atoms with Gasteiger partial charge in [0.05, 0.1) is 29.2 Å². The molecule has 0 bridgehead atoms. The van der Waals surface area contributed by atoms with E-state index in [4.69, 9.17) is 4.74 Å². The Bertz CT molecular complexity index is 1670. The van der Waals surface area contributed by atoms with Crippen molar-refractivity contribution in [1.29, 1.82) is 5.26 Å². The Morgan fingerprint density at radius 1 is 1.15 bits per heavy atom. The smallest absolute Gasteiger partial charge is 0.350 e. The minimum absolute atomic E-state index is 0.205. The van der Waals surface area contributed by atoms with Crippen LogP contribution in [0.1, 0.15) is 22.2 Å². The van der Waals surface area contributed by atoms with E-state index < -0.39 is 5.97 Å². The predicted molar refractivity (Wildman–Crippen MR) is 134 cm³/mol. The lowest BCUT2D eigenvalue weighted by Crippen LogP contribution is -2.16. The molecule has 5 aromatic rings. The van der Waals surface area contributed by atoms with Crippen molar-refractivity contribution >= 4 is 49.8 Å². The molecule has 0 fully saturated rings. The molecular weight excluding hydrogens is 448 g/mol. The van der Waals surface area contributed by atoms with Gasteiger partial charge in [0.15, 0.2) is 0 Å². The molecular formula is C26H20N4O3S. The predicted octanol–water partition coefficient (Wildman–Crippen LogP) is 5.34. The van der Waals surface area contributed by atoms with Gasteiger partial charge in [-0.15, -0.1) is 11.3 Å². The summed E-state index contributed by atoms with van der Waals surface area (Å²) in [6.45, 7) is 1.97. The van der Waals surface area contributed by atoms with Gasteiger partial charge in [0.1, 0.15) is 15.8 Å². The largest absolute Gasteiger partial charge is 0.462 e. The van der Waals surface area contributed by atoms with Crippen molar-refractivity contribution in [1.82, 2.24) is 9.13 Å². The SMILES string of the molecule is CCOC(=O)c1sc2c(ccc(=O)n2-c2ccc3c(ccn3C)c2)c1Nc1ccccc1C#N. The van der Waals surface area contributed by atoms with Gasteiger partial charge in [-0.05, 0) is 49.4 Å². The van der Waals surface area contributed by atoms with E-state index in [1.165, 1.54) is 17.4 Å². The van der Waals surface area contributed by atoms with Crippen LogP contribution >= 0.6 is 11.3 Å². The number of para-hydroxylation sites is 1. The second-order valence-electron chi connectivity index (χ2n) is 7.70. The van der Waals surface area contributed by atoms with Crippen molar-refractivity contribution in [3.05, 3.63) is 87.7 Å². The number of thiophene rings is 1. The summed E-state index contributed by atoms with van der Waals surface area (Å²) >= 11 is 1.19. The van der Waals surface area contributed by atoms with Crippen LogP contribution in [0.25, 0.3) is 26.8 Å². The van der Waals surface area contributed by atoms with Gasteiger partial charge < -0.3 is 14.6 Å². The molecule has 5 rings (SSSR count). The van der Waals surface area contributed by atoms with E-state index in [2.05, 4.69) is 11.4 Å². The second kappa shape index (κ2) is 8.54. The molecule has 1 N–H and O–H groups in total. The molecule has 0 saturated carbocycles. The molecule has 3 aromatic heterocycles. The third kappa shape index (κ3) is 3.52. The molecule has 34 heavy (non-hydrogen) atoms. The van der Waals surface area contributed by atoms with Crippen LogP contribution in [0.15, 0.2) is 71.7 Å². The minimum atomic E-state index is -0.488. The van der Waals surface area contributed by atoms with Crippen LogP contribution < -0.4 is 10.9 Å². The number of ether oxygens (including phenoxy) is 1. The van der Waals surface area contributed by atoms with Gasteiger partial charge in [0, 0.05) is 35.6 Å². The highest BCUT2D eigenvalue weighted by molar-refractivity contribution is 7.21. The Balaban J connectivity index is 1.76. The Morgan fingerprint density at radius 3 is 2.76 bits per heavy atom. The number of fused-ring (bicyclic) bond motifs is 2. The number of carbonyl (C=O) groups is 1. The summed E-state index contributed by atoms with van der Waals surface area (Å²) in [6.07, 6.45) is 1.97. The number of aryl methyl sites for hydroxylation is 1. The van der Waals surface area contributed by atoms with Crippen LogP contribution in [-0.4, -0.2) is 21.7 Å². The van der Waals surface area contributed by atoms with Crippen molar-refractivity contribution in [2.75, 3.05) is 11.9 Å². The number of carbonyl (C=O) groups excluding carboxylic acids is 1. The number of benzene rings is 2. The first-order chi connectivity index (χ1) is 16.5. The van der Waals surface area contributed by atoms with E-state index in [0.29, 0.717) is 37.7 Å². The lowest BCUT2D eigenvalue weighted by molar-refractivity contribution is 0.0533. The molecule has 0 atom stereocenters. The zero-order valence-electron chi connectivity index (χ0n) is 18.5. The molecule has 0 aliphatic rings. The highest BCUT2D eigenvalue weighted by atomic mass is 32.1. The number of nitriles is 1. The Labute approximate surface area is 199 Å². The normalized spacial score (nSPS) is 11.0. The number of pyridine rings is 1. The van der Waals surface area contributed by atoms with Crippen molar-refractivity contribution in [2.24, 2.45) is 7.05 Å². The quantitative estimate of drug-likeness (QED) is 0.352. The van der Waals surface area contributed by atoms with Gasteiger partial charge in [0.25, 0.3) is 5.56 Å². The molecule has 0 aliphatic carbocycles. The van der Waals surface area contributed by atoms with Crippen molar-refractivity contribution in [3.8, 4) is 11.8 Å². The van der Waals surface area contributed by atoms with Gasteiger partial charge in [-0.3, -0.25) is 9.36 Å². The number of hydrogen-bond acceptors (Lipinski definition) is 6. The Morgan fingerprint density at radius 2 is 1.97 bits per heavy atom. The fourth-order valence-corrected chi connectivity index (χ4v) is 5.19. The molecule has 168 valence electrons. The Hall–Kier alpha value is -4.35. The maximum atomic E-state index is 13.0. The van der Waals surface area contributed by atoms with E-state index >= 15 is 0 Å². The van der Waals surface area contributed by atoms with Crippen molar-refractivity contribution in [3.63, 3.8) is 0 Å². The average molecular weight is 469 g/mol. The second-order valence-corrected chi connectivity index (χ2v) is 8.70. The van der Waals surface area contributed by atoms with Crippen LogP contribution in [0, 0.1) is 11.3 Å². The third-order valence-electron chi connectivity index (χ3n) is 5.64. The van der Waals surface area contributed by atoms with Crippen molar-refractivity contribution < 1.29 is 9.53 Å². The average Bonchev–Trinajstić information content (AvgIpc) is 3.39. The van der Waals surface area contributed by atoms with Crippen LogP contribution in [0.4, 0.5) is 11.4 Å². The van der Waals surface area contributed by atoms with Crippen LogP contribution in [0.3, 0.4) is 0 Å². The van der Waals surface area contributed by atoms with Crippen LogP contribution in [0.5, 0.6) is 0 Å². The fraction of sp³-hybridized carbons (Fsp3) is 0.115. The topological polar surface area (TPSA) is 89.1 Å². The third-order valence-corrected chi connectivity index (χ3v) is 6.81. The number of aromatic nitrogens is 2. The monoisotopic (exact) mass is 468 g/mol. The van der Waals surface area contributed by atoms with Crippen molar-refractivity contribution in [2.45, 2.75) is 6.92 Å². The van der Waals surface area contributed by atoms with Gasteiger partial charge in [-0.1, -0.05) is 12.1 Å². The molecule has 0 saturated heterocycles. The van der Waals surface area contributed by atoms with E-state index in [1.54, 1.807) is 35.8 Å². The summed E-state index contributed by atoms with van der Waals surface area (Å²) in [5.41, 5.74) is 3.07. The number of esters is 1. The highest BCUT2D eigenvalue weighted by Crippen LogP contribution is 2.39. The number of nitrogens with one attached hydrogen (secondary N) is 1. The summed E-state index contributed by atoms with van der Waals surface area (Å²) in [5.74, 6) is -0.488. The minimum Gasteiger partial charge on any atom is -0.462 e. The molecule has 3 heterocycles. The molecule has 0 spiro atoms. The van der Waals surface area contributed by atoms with E-state index in [-0.39, 0.29) is 12.2 Å². The highest BCUT2D eigenvalue weighted by Gasteiger charge is 2.23. The molecule has 0 unspecified atom stereocenters.